The van der Waals surface area contributed by atoms with Crippen LogP contribution in [0.15, 0.2) is 10.8 Å². The maximum atomic E-state index is 11.5. The SMILES string of the molecule is CCNC(CCCS(=O)(=O)CC)c1cscc1C. The van der Waals surface area contributed by atoms with E-state index in [1.54, 1.807) is 18.3 Å². The molecule has 0 spiro atoms. The van der Waals surface area contributed by atoms with Gasteiger partial charge in [-0.05, 0) is 48.2 Å². The summed E-state index contributed by atoms with van der Waals surface area (Å²) in [6.07, 6.45) is 1.60. The summed E-state index contributed by atoms with van der Waals surface area (Å²) in [6.45, 7) is 6.80. The van der Waals surface area contributed by atoms with Gasteiger partial charge < -0.3 is 5.32 Å². The molecule has 1 aromatic heterocycles. The third kappa shape index (κ3) is 4.71. The summed E-state index contributed by atoms with van der Waals surface area (Å²) in [7, 11) is -2.83. The highest BCUT2D eigenvalue weighted by atomic mass is 32.2. The molecule has 104 valence electrons. The molecule has 0 saturated carbocycles. The van der Waals surface area contributed by atoms with Crippen LogP contribution in [-0.2, 0) is 9.84 Å². The molecule has 0 aliphatic rings. The lowest BCUT2D eigenvalue weighted by molar-refractivity contribution is 0.506. The molecule has 0 aromatic carbocycles. The van der Waals surface area contributed by atoms with E-state index in [0.717, 1.165) is 19.4 Å². The summed E-state index contributed by atoms with van der Waals surface area (Å²) in [5, 5.41) is 7.75. The first kappa shape index (κ1) is 15.7. The Morgan fingerprint density at radius 2 is 2.06 bits per heavy atom. The molecule has 0 radical (unpaired) electrons. The summed E-state index contributed by atoms with van der Waals surface area (Å²) in [4.78, 5) is 0. The zero-order valence-corrected chi connectivity index (χ0v) is 13.0. The van der Waals surface area contributed by atoms with E-state index >= 15 is 0 Å². The molecule has 1 rings (SSSR count). The number of thiophene rings is 1. The van der Waals surface area contributed by atoms with Crippen LogP contribution in [0.2, 0.25) is 0 Å². The van der Waals surface area contributed by atoms with Crippen molar-refractivity contribution in [1.82, 2.24) is 5.32 Å². The van der Waals surface area contributed by atoms with Crippen LogP contribution >= 0.6 is 11.3 Å². The minimum Gasteiger partial charge on any atom is -0.310 e. The molecule has 18 heavy (non-hydrogen) atoms. The fourth-order valence-electron chi connectivity index (χ4n) is 1.99. The van der Waals surface area contributed by atoms with Crippen molar-refractivity contribution in [2.45, 2.75) is 39.7 Å². The zero-order valence-electron chi connectivity index (χ0n) is 11.4. The van der Waals surface area contributed by atoms with Crippen molar-refractivity contribution in [2.75, 3.05) is 18.1 Å². The van der Waals surface area contributed by atoms with Crippen LogP contribution in [0.4, 0.5) is 0 Å². The van der Waals surface area contributed by atoms with Gasteiger partial charge in [-0.1, -0.05) is 13.8 Å². The van der Waals surface area contributed by atoms with Gasteiger partial charge in [-0.15, -0.1) is 0 Å². The van der Waals surface area contributed by atoms with Crippen LogP contribution in [0.25, 0.3) is 0 Å². The highest BCUT2D eigenvalue weighted by Crippen LogP contribution is 2.25. The lowest BCUT2D eigenvalue weighted by Gasteiger charge is -2.18. The summed E-state index contributed by atoms with van der Waals surface area (Å²) >= 11 is 1.71. The lowest BCUT2D eigenvalue weighted by atomic mass is 10.0. The van der Waals surface area contributed by atoms with E-state index in [-0.39, 0.29) is 11.8 Å². The second-order valence-corrected chi connectivity index (χ2v) is 7.72. The Balaban J connectivity index is 2.57. The number of hydrogen-bond donors (Lipinski definition) is 1. The molecule has 0 amide bonds. The first-order valence-corrected chi connectivity index (χ1v) is 9.23. The molecule has 0 aliphatic heterocycles. The van der Waals surface area contributed by atoms with Crippen LogP contribution in [-0.4, -0.2) is 26.5 Å². The van der Waals surface area contributed by atoms with Gasteiger partial charge in [0.2, 0.25) is 0 Å². The van der Waals surface area contributed by atoms with Gasteiger partial charge in [-0.2, -0.15) is 11.3 Å². The maximum Gasteiger partial charge on any atom is 0.150 e. The standard InChI is InChI=1S/C13H23NO2S2/c1-4-14-13(12-10-17-9-11(12)3)7-6-8-18(15,16)5-2/h9-10,13-14H,4-8H2,1-3H3. The topological polar surface area (TPSA) is 46.2 Å². The Morgan fingerprint density at radius 1 is 1.33 bits per heavy atom. The monoisotopic (exact) mass is 289 g/mol. The molecule has 1 atom stereocenters. The quantitative estimate of drug-likeness (QED) is 0.800. The number of sulfone groups is 1. The van der Waals surface area contributed by atoms with Crippen LogP contribution in [0.1, 0.15) is 43.9 Å². The van der Waals surface area contributed by atoms with Gasteiger partial charge in [-0.3, -0.25) is 0 Å². The third-order valence-corrected chi connectivity index (χ3v) is 5.78. The number of hydrogen-bond acceptors (Lipinski definition) is 4. The Kier molecular flexibility index (Phi) is 6.32. The van der Waals surface area contributed by atoms with Crippen molar-refractivity contribution in [3.8, 4) is 0 Å². The zero-order chi connectivity index (χ0) is 13.6. The van der Waals surface area contributed by atoms with Gasteiger partial charge in [0, 0.05) is 11.8 Å². The van der Waals surface area contributed by atoms with E-state index in [2.05, 4.69) is 29.9 Å². The molecule has 0 saturated heterocycles. The Hall–Kier alpha value is -0.390. The van der Waals surface area contributed by atoms with Crippen LogP contribution in [0.5, 0.6) is 0 Å². The molecule has 5 heteroatoms. The fourth-order valence-corrected chi connectivity index (χ4v) is 3.79. The van der Waals surface area contributed by atoms with Crippen molar-refractivity contribution in [3.05, 3.63) is 21.9 Å². The van der Waals surface area contributed by atoms with Crippen LogP contribution in [0.3, 0.4) is 0 Å². The van der Waals surface area contributed by atoms with Crippen molar-refractivity contribution in [2.24, 2.45) is 0 Å². The number of rotatable bonds is 8. The summed E-state index contributed by atoms with van der Waals surface area (Å²) < 4.78 is 22.9. The van der Waals surface area contributed by atoms with Gasteiger partial charge >= 0.3 is 0 Å². The van der Waals surface area contributed by atoms with Gasteiger partial charge in [0.15, 0.2) is 0 Å². The molecule has 0 bridgehead atoms. The van der Waals surface area contributed by atoms with E-state index in [4.69, 9.17) is 0 Å². The van der Waals surface area contributed by atoms with E-state index in [0.29, 0.717) is 5.75 Å². The molecule has 1 unspecified atom stereocenters. The van der Waals surface area contributed by atoms with Gasteiger partial charge in [0.05, 0.1) is 5.75 Å². The average molecular weight is 289 g/mol. The first-order valence-electron chi connectivity index (χ1n) is 6.46. The predicted octanol–water partition coefficient (Wildman–Crippen LogP) is 2.92. The lowest BCUT2D eigenvalue weighted by Crippen LogP contribution is -2.22. The maximum absolute atomic E-state index is 11.5. The van der Waals surface area contributed by atoms with E-state index in [1.165, 1.54) is 11.1 Å². The second-order valence-electron chi connectivity index (χ2n) is 4.50. The van der Waals surface area contributed by atoms with E-state index in [1.807, 2.05) is 0 Å². The normalized spacial score (nSPS) is 13.7. The minimum atomic E-state index is -2.83. The highest BCUT2D eigenvalue weighted by molar-refractivity contribution is 7.91. The smallest absolute Gasteiger partial charge is 0.150 e. The summed E-state index contributed by atoms with van der Waals surface area (Å²) in [6, 6.07) is 0.285. The van der Waals surface area contributed by atoms with Crippen LogP contribution in [0, 0.1) is 6.92 Å². The molecule has 1 heterocycles. The molecule has 1 N–H and O–H groups in total. The molecule has 3 nitrogen and oxygen atoms in total. The van der Waals surface area contributed by atoms with E-state index in [9.17, 15) is 8.42 Å². The summed E-state index contributed by atoms with van der Waals surface area (Å²) in [5.41, 5.74) is 2.61. The van der Waals surface area contributed by atoms with Gasteiger partial charge in [0.1, 0.15) is 9.84 Å². The third-order valence-electron chi connectivity index (χ3n) is 3.11. The van der Waals surface area contributed by atoms with Gasteiger partial charge in [0.25, 0.3) is 0 Å². The molecule has 0 aliphatic carbocycles. The molecular formula is C13H23NO2S2. The fraction of sp³-hybridized carbons (Fsp3) is 0.692. The Bertz CT molecular complexity index is 451. The van der Waals surface area contributed by atoms with Crippen LogP contribution < -0.4 is 5.32 Å². The van der Waals surface area contributed by atoms with Crippen molar-refractivity contribution < 1.29 is 8.42 Å². The largest absolute Gasteiger partial charge is 0.310 e. The molecule has 0 fully saturated rings. The summed E-state index contributed by atoms with van der Waals surface area (Å²) in [5.74, 6) is 0.547. The highest BCUT2D eigenvalue weighted by Gasteiger charge is 2.15. The van der Waals surface area contributed by atoms with Crippen molar-refractivity contribution in [1.29, 1.82) is 0 Å². The average Bonchev–Trinajstić information content (AvgIpc) is 2.74. The first-order chi connectivity index (χ1) is 8.50. The van der Waals surface area contributed by atoms with Crippen molar-refractivity contribution in [3.63, 3.8) is 0 Å². The predicted molar refractivity (Wildman–Crippen MR) is 79.0 cm³/mol. The number of nitrogens with one attached hydrogen (secondary N) is 1. The molecule has 1 aromatic rings. The van der Waals surface area contributed by atoms with E-state index < -0.39 is 9.84 Å². The minimum absolute atomic E-state index is 0.246. The number of aryl methyl sites for hydroxylation is 1. The Morgan fingerprint density at radius 3 is 2.56 bits per heavy atom. The van der Waals surface area contributed by atoms with Crippen molar-refractivity contribution >= 4 is 21.2 Å². The second kappa shape index (κ2) is 7.26. The molecular weight excluding hydrogens is 266 g/mol. The van der Waals surface area contributed by atoms with Gasteiger partial charge in [-0.25, -0.2) is 8.42 Å². The Labute approximate surface area is 115 Å².